The number of hydrogen-bond acceptors (Lipinski definition) is 5. The Kier molecular flexibility index (Phi) is 7.24. The molecule has 7 nitrogen and oxygen atoms in total. The van der Waals surface area contributed by atoms with Crippen molar-refractivity contribution in [2.75, 3.05) is 19.8 Å². The van der Waals surface area contributed by atoms with E-state index >= 15 is 0 Å². The van der Waals surface area contributed by atoms with E-state index in [1.165, 1.54) is 0 Å². The molecule has 0 saturated heterocycles. The van der Waals surface area contributed by atoms with E-state index in [9.17, 15) is 14.4 Å². The van der Waals surface area contributed by atoms with Crippen LogP contribution in [0.2, 0.25) is 0 Å². The van der Waals surface area contributed by atoms with Gasteiger partial charge in [0.2, 0.25) is 0 Å². The first-order valence-electron chi connectivity index (χ1n) is 6.13. The molecule has 1 rings (SSSR count). The molecule has 0 aliphatic carbocycles. The molecule has 21 heavy (non-hydrogen) atoms. The predicted octanol–water partition coefficient (Wildman–Crippen LogP) is 1.22. The number of carbonyl (C=O) groups excluding carboxylic acids is 3. The zero-order chi connectivity index (χ0) is 15.7. The molecule has 0 aliphatic heterocycles. The van der Waals surface area contributed by atoms with Gasteiger partial charge in [0.1, 0.15) is 5.75 Å². The van der Waals surface area contributed by atoms with Crippen molar-refractivity contribution in [3.05, 3.63) is 28.7 Å². The van der Waals surface area contributed by atoms with Gasteiger partial charge in [-0.05, 0) is 31.2 Å². The summed E-state index contributed by atoms with van der Waals surface area (Å²) in [6.07, 6.45) is 0. The monoisotopic (exact) mass is 358 g/mol. The Morgan fingerprint density at radius 2 is 1.81 bits per heavy atom. The second-order valence-corrected chi connectivity index (χ2v) is 4.73. The number of nitrogens with one attached hydrogen (secondary N) is 2. The van der Waals surface area contributed by atoms with Gasteiger partial charge < -0.3 is 14.8 Å². The summed E-state index contributed by atoms with van der Waals surface area (Å²) in [5.74, 6) is -0.913. The molecule has 0 atom stereocenters. The highest BCUT2D eigenvalue weighted by Gasteiger charge is 2.10. The number of hydrogen-bond donors (Lipinski definition) is 2. The van der Waals surface area contributed by atoms with Crippen molar-refractivity contribution in [2.24, 2.45) is 0 Å². The molecule has 0 radical (unpaired) electrons. The van der Waals surface area contributed by atoms with Crippen LogP contribution in [-0.2, 0) is 14.3 Å². The van der Waals surface area contributed by atoms with Gasteiger partial charge in [0.15, 0.2) is 13.2 Å². The van der Waals surface area contributed by atoms with Crippen molar-refractivity contribution in [3.8, 4) is 5.75 Å². The number of benzene rings is 1. The third kappa shape index (κ3) is 7.31. The highest BCUT2D eigenvalue weighted by Crippen LogP contribution is 2.15. The maximum absolute atomic E-state index is 11.4. The lowest BCUT2D eigenvalue weighted by molar-refractivity contribution is -0.150. The van der Waals surface area contributed by atoms with Gasteiger partial charge in [-0.3, -0.25) is 10.1 Å². The highest BCUT2D eigenvalue weighted by molar-refractivity contribution is 9.10. The Balaban J connectivity index is 2.23. The molecule has 0 saturated carbocycles. The van der Waals surface area contributed by atoms with E-state index in [0.717, 1.165) is 4.47 Å². The van der Waals surface area contributed by atoms with Crippen LogP contribution in [0.4, 0.5) is 4.79 Å². The number of imide groups is 1. The second kappa shape index (κ2) is 8.96. The average Bonchev–Trinajstić information content (AvgIpc) is 2.44. The van der Waals surface area contributed by atoms with Crippen molar-refractivity contribution in [3.63, 3.8) is 0 Å². The van der Waals surface area contributed by atoms with Crippen LogP contribution in [0.15, 0.2) is 28.7 Å². The first kappa shape index (κ1) is 17.0. The maximum atomic E-state index is 11.4. The molecule has 0 unspecified atom stereocenters. The summed E-state index contributed by atoms with van der Waals surface area (Å²) in [5, 5.41) is 4.38. The second-order valence-electron chi connectivity index (χ2n) is 3.81. The average molecular weight is 359 g/mol. The molecule has 2 N–H and O–H groups in total. The Hall–Kier alpha value is -2.09. The third-order valence-corrected chi connectivity index (χ3v) is 2.65. The number of carbonyl (C=O) groups is 3. The normalized spacial score (nSPS) is 9.62. The van der Waals surface area contributed by atoms with Crippen LogP contribution < -0.4 is 15.4 Å². The Morgan fingerprint density at radius 3 is 2.43 bits per heavy atom. The molecule has 8 heteroatoms. The zero-order valence-electron chi connectivity index (χ0n) is 11.3. The molecule has 0 spiro atoms. The van der Waals surface area contributed by atoms with Gasteiger partial charge in [-0.25, -0.2) is 9.59 Å². The Morgan fingerprint density at radius 1 is 1.14 bits per heavy atom. The summed E-state index contributed by atoms with van der Waals surface area (Å²) in [6.45, 7) is 1.24. The Labute approximate surface area is 130 Å². The first-order chi connectivity index (χ1) is 10.0. The van der Waals surface area contributed by atoms with Gasteiger partial charge in [-0.2, -0.15) is 0 Å². The number of esters is 1. The van der Waals surface area contributed by atoms with Crippen LogP contribution in [0.5, 0.6) is 5.75 Å². The van der Waals surface area contributed by atoms with Gasteiger partial charge in [0.25, 0.3) is 5.91 Å². The summed E-state index contributed by atoms with van der Waals surface area (Å²) in [4.78, 5) is 33.6. The van der Waals surface area contributed by atoms with Crippen molar-refractivity contribution in [2.45, 2.75) is 6.92 Å². The van der Waals surface area contributed by atoms with E-state index in [1.54, 1.807) is 31.2 Å². The Bertz CT molecular complexity index is 504. The van der Waals surface area contributed by atoms with Crippen molar-refractivity contribution in [1.29, 1.82) is 0 Å². The molecule has 0 heterocycles. The molecule has 0 bridgehead atoms. The van der Waals surface area contributed by atoms with Crippen LogP contribution in [-0.4, -0.2) is 37.7 Å². The van der Waals surface area contributed by atoms with Gasteiger partial charge in [0, 0.05) is 11.0 Å². The molecule has 114 valence electrons. The minimum Gasteiger partial charge on any atom is -0.482 e. The zero-order valence-corrected chi connectivity index (χ0v) is 12.9. The molecule has 1 aromatic carbocycles. The molecular weight excluding hydrogens is 344 g/mol. The van der Waals surface area contributed by atoms with Gasteiger partial charge in [-0.15, -0.1) is 0 Å². The van der Waals surface area contributed by atoms with Gasteiger partial charge in [-0.1, -0.05) is 15.9 Å². The van der Waals surface area contributed by atoms with E-state index in [0.29, 0.717) is 12.3 Å². The summed E-state index contributed by atoms with van der Waals surface area (Å²) in [7, 11) is 0. The standard InChI is InChI=1S/C13H15BrN2O5/c1-2-15-13(19)16-11(17)7-21-12(18)8-20-10-5-3-9(14)4-6-10/h3-6H,2,7-8H2,1H3,(H2,15,16,17,19). The first-order valence-corrected chi connectivity index (χ1v) is 6.92. The topological polar surface area (TPSA) is 93.7 Å². The maximum Gasteiger partial charge on any atom is 0.344 e. The fourth-order valence-electron chi connectivity index (χ4n) is 1.23. The number of ether oxygens (including phenoxy) is 2. The summed E-state index contributed by atoms with van der Waals surface area (Å²) in [6, 6.07) is 6.25. The van der Waals surface area contributed by atoms with Crippen molar-refractivity contribution in [1.82, 2.24) is 10.6 Å². The lowest BCUT2D eigenvalue weighted by Crippen LogP contribution is -2.41. The number of urea groups is 1. The molecule has 0 aromatic heterocycles. The largest absolute Gasteiger partial charge is 0.482 e. The SMILES string of the molecule is CCNC(=O)NC(=O)COC(=O)COc1ccc(Br)cc1. The van der Waals surface area contributed by atoms with Crippen LogP contribution >= 0.6 is 15.9 Å². The van der Waals surface area contributed by atoms with Crippen LogP contribution in [0.3, 0.4) is 0 Å². The minimum absolute atomic E-state index is 0.323. The number of rotatable bonds is 6. The summed E-state index contributed by atoms with van der Waals surface area (Å²) < 4.78 is 10.7. The fraction of sp³-hybridized carbons (Fsp3) is 0.308. The van der Waals surface area contributed by atoms with Crippen LogP contribution in [0.1, 0.15) is 6.92 Å². The number of halogens is 1. The van der Waals surface area contributed by atoms with Crippen LogP contribution in [0.25, 0.3) is 0 Å². The van der Waals surface area contributed by atoms with Crippen LogP contribution in [0, 0.1) is 0 Å². The molecular formula is C13H15BrN2O5. The van der Waals surface area contributed by atoms with E-state index in [4.69, 9.17) is 4.74 Å². The lowest BCUT2D eigenvalue weighted by Gasteiger charge is -2.07. The third-order valence-electron chi connectivity index (χ3n) is 2.12. The summed E-state index contributed by atoms with van der Waals surface area (Å²) in [5.41, 5.74) is 0. The quantitative estimate of drug-likeness (QED) is 0.745. The molecule has 0 fully saturated rings. The smallest absolute Gasteiger partial charge is 0.344 e. The molecule has 0 aliphatic rings. The van der Waals surface area contributed by atoms with Gasteiger partial charge >= 0.3 is 12.0 Å². The predicted molar refractivity (Wildman–Crippen MR) is 77.8 cm³/mol. The molecule has 3 amide bonds. The van der Waals surface area contributed by atoms with E-state index in [1.807, 2.05) is 5.32 Å². The minimum atomic E-state index is -0.710. The van der Waals surface area contributed by atoms with Gasteiger partial charge in [0.05, 0.1) is 0 Å². The fourth-order valence-corrected chi connectivity index (χ4v) is 1.49. The van der Waals surface area contributed by atoms with E-state index in [2.05, 4.69) is 26.0 Å². The lowest BCUT2D eigenvalue weighted by atomic mass is 10.3. The number of amides is 3. The van der Waals surface area contributed by atoms with Crippen molar-refractivity contribution < 1.29 is 23.9 Å². The summed E-state index contributed by atoms with van der Waals surface area (Å²) >= 11 is 3.27. The van der Waals surface area contributed by atoms with Crippen molar-refractivity contribution >= 4 is 33.8 Å². The highest BCUT2D eigenvalue weighted by atomic mass is 79.9. The van der Waals surface area contributed by atoms with E-state index < -0.39 is 24.5 Å². The van der Waals surface area contributed by atoms with E-state index in [-0.39, 0.29) is 6.61 Å². The molecule has 1 aromatic rings.